The average Bonchev–Trinajstić information content (AvgIpc) is 2.23. The van der Waals surface area contributed by atoms with Crippen LogP contribution in [-0.2, 0) is 9.53 Å². The van der Waals surface area contributed by atoms with Crippen molar-refractivity contribution in [2.75, 3.05) is 7.11 Å². The second-order valence-corrected chi connectivity index (χ2v) is 2.73. The third kappa shape index (κ3) is 3.26. The number of carbonyl (C=O) groups excluding carboxylic acids is 1. The number of carbonyl (C=O) groups is 1. The fourth-order valence-electron chi connectivity index (χ4n) is 0.923. The van der Waals surface area contributed by atoms with Crippen LogP contribution in [0.1, 0.15) is 12.0 Å². The van der Waals surface area contributed by atoms with Gasteiger partial charge < -0.3 is 4.74 Å². The number of aromatic nitrogens is 2. The van der Waals surface area contributed by atoms with Crippen molar-refractivity contribution in [1.82, 2.24) is 10.2 Å². The molecule has 0 aliphatic rings. The van der Waals surface area contributed by atoms with Crippen LogP contribution < -0.4 is 11.1 Å². The molecule has 1 rings (SSSR count). The number of nitrogens with one attached hydrogen (secondary N) is 2. The van der Waals surface area contributed by atoms with Gasteiger partial charge in [-0.2, -0.15) is 0 Å². The maximum Gasteiger partial charge on any atom is 0.309 e. The first-order valence-corrected chi connectivity index (χ1v) is 4.19. The van der Waals surface area contributed by atoms with Gasteiger partial charge in [-0.1, -0.05) is 12.2 Å². The molecule has 6 heteroatoms. The van der Waals surface area contributed by atoms with Crippen molar-refractivity contribution < 1.29 is 9.53 Å². The Morgan fingerprint density at radius 2 is 2.20 bits per heavy atom. The Hall–Kier alpha value is -2.11. The van der Waals surface area contributed by atoms with Gasteiger partial charge >= 0.3 is 5.97 Å². The molecular formula is C9H10N2O4. The van der Waals surface area contributed by atoms with Gasteiger partial charge in [0.1, 0.15) is 0 Å². The Labute approximate surface area is 84.6 Å². The Balaban J connectivity index is 2.81. The maximum atomic E-state index is 11.1. The summed E-state index contributed by atoms with van der Waals surface area (Å²) in [7, 11) is 1.27. The summed E-state index contributed by atoms with van der Waals surface area (Å²) >= 11 is 0. The van der Waals surface area contributed by atoms with Crippen molar-refractivity contribution in [3.63, 3.8) is 0 Å². The van der Waals surface area contributed by atoms with Gasteiger partial charge in [-0.25, -0.2) is 0 Å². The normalized spacial score (nSPS) is 10.5. The van der Waals surface area contributed by atoms with Gasteiger partial charge in [-0.15, -0.1) is 0 Å². The topological polar surface area (TPSA) is 92.0 Å². The van der Waals surface area contributed by atoms with E-state index in [0.29, 0.717) is 0 Å². The zero-order chi connectivity index (χ0) is 11.3. The molecule has 0 saturated heterocycles. The molecule has 0 fully saturated rings. The number of methoxy groups -OCH3 is 1. The fourth-order valence-corrected chi connectivity index (χ4v) is 0.923. The molecule has 80 valence electrons. The number of rotatable bonds is 3. The third-order valence-corrected chi connectivity index (χ3v) is 1.66. The summed E-state index contributed by atoms with van der Waals surface area (Å²) in [4.78, 5) is 32.7. The molecule has 0 atom stereocenters. The van der Waals surface area contributed by atoms with Crippen molar-refractivity contribution in [2.24, 2.45) is 0 Å². The third-order valence-electron chi connectivity index (χ3n) is 1.66. The zero-order valence-electron chi connectivity index (χ0n) is 8.07. The summed E-state index contributed by atoms with van der Waals surface area (Å²) < 4.78 is 4.40. The van der Waals surface area contributed by atoms with Gasteiger partial charge in [0.05, 0.1) is 13.5 Å². The highest BCUT2D eigenvalue weighted by Crippen LogP contribution is 1.93. The van der Waals surface area contributed by atoms with Gasteiger partial charge in [0.15, 0.2) is 0 Å². The van der Waals surface area contributed by atoms with Crippen LogP contribution in [0.25, 0.3) is 6.08 Å². The second-order valence-electron chi connectivity index (χ2n) is 2.73. The molecule has 0 spiro atoms. The van der Waals surface area contributed by atoms with E-state index in [2.05, 4.69) is 14.9 Å². The van der Waals surface area contributed by atoms with Crippen LogP contribution in [0.5, 0.6) is 0 Å². The lowest BCUT2D eigenvalue weighted by Gasteiger charge is -1.92. The van der Waals surface area contributed by atoms with E-state index >= 15 is 0 Å². The Kier molecular flexibility index (Phi) is 3.61. The summed E-state index contributed by atoms with van der Waals surface area (Å²) in [6.45, 7) is 0. The molecule has 0 aliphatic heterocycles. The van der Waals surface area contributed by atoms with Gasteiger partial charge in [0, 0.05) is 11.6 Å². The molecule has 0 amide bonds. The van der Waals surface area contributed by atoms with E-state index in [0.717, 1.165) is 6.07 Å². The van der Waals surface area contributed by atoms with Crippen LogP contribution in [0.4, 0.5) is 0 Å². The van der Waals surface area contributed by atoms with Crippen molar-refractivity contribution in [3.05, 3.63) is 38.4 Å². The zero-order valence-corrected chi connectivity index (χ0v) is 8.07. The molecule has 0 saturated carbocycles. The first-order chi connectivity index (χ1) is 7.13. The average molecular weight is 210 g/mol. The molecule has 0 bridgehead atoms. The molecule has 6 nitrogen and oxygen atoms in total. The summed E-state index contributed by atoms with van der Waals surface area (Å²) in [6, 6.07) is 1.15. The minimum atomic E-state index is -0.421. The van der Waals surface area contributed by atoms with E-state index in [-0.39, 0.29) is 12.0 Å². The first kappa shape index (κ1) is 11.0. The lowest BCUT2D eigenvalue weighted by atomic mass is 10.2. The molecule has 0 aliphatic carbocycles. The predicted molar refractivity (Wildman–Crippen MR) is 53.4 cm³/mol. The van der Waals surface area contributed by atoms with Gasteiger partial charge in [0.25, 0.3) is 11.1 Å². The van der Waals surface area contributed by atoms with Crippen LogP contribution in [0.15, 0.2) is 21.7 Å². The highest BCUT2D eigenvalue weighted by Gasteiger charge is 1.97. The van der Waals surface area contributed by atoms with E-state index in [4.69, 9.17) is 0 Å². The number of ether oxygens (including phenoxy) is 1. The van der Waals surface area contributed by atoms with E-state index in [1.807, 2.05) is 0 Å². The quantitative estimate of drug-likeness (QED) is 0.666. The Morgan fingerprint density at radius 3 is 2.87 bits per heavy atom. The van der Waals surface area contributed by atoms with Crippen molar-refractivity contribution in [1.29, 1.82) is 0 Å². The molecule has 1 aromatic heterocycles. The maximum absolute atomic E-state index is 11.1. The molecule has 0 radical (unpaired) electrons. The summed E-state index contributed by atoms with van der Waals surface area (Å²) in [6.07, 6.45) is 2.91. The summed E-state index contributed by atoms with van der Waals surface area (Å²) in [5.41, 5.74) is -0.634. The Morgan fingerprint density at radius 1 is 1.47 bits per heavy atom. The van der Waals surface area contributed by atoms with Crippen LogP contribution >= 0.6 is 0 Å². The van der Waals surface area contributed by atoms with Crippen LogP contribution in [0.2, 0.25) is 0 Å². The molecular weight excluding hydrogens is 200 g/mol. The van der Waals surface area contributed by atoms with Gasteiger partial charge in [-0.3, -0.25) is 24.6 Å². The lowest BCUT2D eigenvalue weighted by molar-refractivity contribution is -0.139. The highest BCUT2D eigenvalue weighted by atomic mass is 16.5. The fraction of sp³-hybridized carbons (Fsp3) is 0.222. The van der Waals surface area contributed by atoms with Crippen LogP contribution in [-0.4, -0.2) is 23.3 Å². The van der Waals surface area contributed by atoms with Gasteiger partial charge in [0.2, 0.25) is 0 Å². The molecule has 1 aromatic rings. The molecule has 1 heterocycles. The van der Waals surface area contributed by atoms with E-state index in [1.54, 1.807) is 0 Å². The second kappa shape index (κ2) is 4.94. The van der Waals surface area contributed by atoms with E-state index in [1.165, 1.54) is 19.3 Å². The number of aromatic amines is 2. The van der Waals surface area contributed by atoms with Crippen LogP contribution in [0, 0.1) is 0 Å². The number of H-pyrrole nitrogens is 2. The minimum absolute atomic E-state index is 0.0583. The molecule has 0 unspecified atom stereocenters. The number of esters is 1. The van der Waals surface area contributed by atoms with Crippen LogP contribution in [0.3, 0.4) is 0 Å². The lowest BCUT2D eigenvalue weighted by Crippen LogP contribution is -2.19. The van der Waals surface area contributed by atoms with E-state index < -0.39 is 17.1 Å². The first-order valence-electron chi connectivity index (χ1n) is 4.19. The molecule has 2 N–H and O–H groups in total. The summed E-state index contributed by atoms with van der Waals surface area (Å²) in [5, 5.41) is 4.29. The SMILES string of the molecule is COC(=O)CC=Cc1cc(=O)[nH][nH]c1=O. The largest absolute Gasteiger partial charge is 0.469 e. The summed E-state index contributed by atoms with van der Waals surface area (Å²) in [5.74, 6) is -0.410. The Bertz CT molecular complexity index is 483. The van der Waals surface area contributed by atoms with Crippen molar-refractivity contribution in [2.45, 2.75) is 6.42 Å². The highest BCUT2D eigenvalue weighted by molar-refractivity contribution is 5.72. The molecule has 0 aromatic carbocycles. The van der Waals surface area contributed by atoms with E-state index in [9.17, 15) is 14.4 Å². The minimum Gasteiger partial charge on any atom is -0.469 e. The van der Waals surface area contributed by atoms with Gasteiger partial charge in [-0.05, 0) is 0 Å². The smallest absolute Gasteiger partial charge is 0.309 e. The number of hydrogen-bond acceptors (Lipinski definition) is 4. The number of hydrogen-bond donors (Lipinski definition) is 2. The monoisotopic (exact) mass is 210 g/mol. The molecule has 15 heavy (non-hydrogen) atoms. The van der Waals surface area contributed by atoms with Crippen molar-refractivity contribution >= 4 is 12.0 Å². The van der Waals surface area contributed by atoms with Crippen molar-refractivity contribution in [3.8, 4) is 0 Å². The predicted octanol–water partition coefficient (Wildman–Crippen LogP) is -0.361. The standard InChI is InChI=1S/C9H10N2O4/c1-15-8(13)4-2-3-6-5-7(12)10-11-9(6)14/h2-3,5H,4H2,1H3,(H,10,12)(H,11,14).